The summed E-state index contributed by atoms with van der Waals surface area (Å²) < 4.78 is 4.91. The molecule has 0 aliphatic heterocycles. The molecule has 0 aliphatic rings. The Hall–Kier alpha value is -2.63. The Morgan fingerprint density at radius 2 is 2.11 bits per heavy atom. The number of benzene rings is 1. The maximum absolute atomic E-state index is 11.9. The number of carbonyl (C=O) groups is 1. The molecule has 6 nitrogen and oxygen atoms in total. The van der Waals surface area contributed by atoms with E-state index in [-0.39, 0.29) is 11.3 Å². The number of nitrogens with zero attached hydrogens (tertiary/aromatic N) is 1. The fraction of sp³-hybridized carbons (Fsp3) is 0.154. The molecule has 2 aromatic rings. The summed E-state index contributed by atoms with van der Waals surface area (Å²) in [5.41, 5.74) is 0.839. The van der Waals surface area contributed by atoms with Crippen molar-refractivity contribution in [1.82, 2.24) is 5.32 Å². The highest BCUT2D eigenvalue weighted by Crippen LogP contribution is 2.17. The van der Waals surface area contributed by atoms with E-state index in [4.69, 9.17) is 4.42 Å². The van der Waals surface area contributed by atoms with Crippen LogP contribution >= 0.6 is 0 Å². The summed E-state index contributed by atoms with van der Waals surface area (Å²) in [6.45, 7) is 0.393. The van der Waals surface area contributed by atoms with Gasteiger partial charge in [-0.1, -0.05) is 12.1 Å². The van der Waals surface area contributed by atoms with Crippen LogP contribution in [0.3, 0.4) is 0 Å². The molecule has 2 rings (SSSR count). The Morgan fingerprint density at radius 3 is 2.79 bits per heavy atom. The number of para-hydroxylation sites is 1. The SMILES string of the molecule is O=C(NCCc1ccoc1)c1ccccc1[N+](=O)[O-]. The highest BCUT2D eigenvalue weighted by Gasteiger charge is 2.18. The predicted molar refractivity (Wildman–Crippen MR) is 67.8 cm³/mol. The lowest BCUT2D eigenvalue weighted by atomic mass is 10.1. The summed E-state index contributed by atoms with van der Waals surface area (Å²) in [6.07, 6.45) is 3.76. The van der Waals surface area contributed by atoms with Gasteiger partial charge in [0.25, 0.3) is 11.6 Å². The van der Waals surface area contributed by atoms with Gasteiger partial charge in [0, 0.05) is 12.6 Å². The molecule has 6 heteroatoms. The van der Waals surface area contributed by atoms with Crippen molar-refractivity contribution in [2.75, 3.05) is 6.54 Å². The molecule has 0 atom stereocenters. The second-order valence-corrected chi connectivity index (χ2v) is 3.91. The number of hydrogen-bond donors (Lipinski definition) is 1. The lowest BCUT2D eigenvalue weighted by Crippen LogP contribution is -2.26. The number of amides is 1. The summed E-state index contributed by atoms with van der Waals surface area (Å²) in [7, 11) is 0. The number of nitro groups is 1. The van der Waals surface area contributed by atoms with Gasteiger partial charge in [-0.25, -0.2) is 0 Å². The first-order valence-electron chi connectivity index (χ1n) is 5.71. The zero-order chi connectivity index (χ0) is 13.7. The number of rotatable bonds is 5. The number of carbonyl (C=O) groups excluding carboxylic acids is 1. The van der Waals surface area contributed by atoms with Gasteiger partial charge in [0.15, 0.2) is 0 Å². The van der Waals surface area contributed by atoms with Gasteiger partial charge in [0.2, 0.25) is 0 Å². The minimum Gasteiger partial charge on any atom is -0.472 e. The molecular formula is C13H12N2O4. The molecule has 98 valence electrons. The molecule has 0 bridgehead atoms. The van der Waals surface area contributed by atoms with Crippen LogP contribution in [0.4, 0.5) is 5.69 Å². The molecule has 0 spiro atoms. The molecule has 0 saturated carbocycles. The van der Waals surface area contributed by atoms with Crippen LogP contribution in [0.2, 0.25) is 0 Å². The second-order valence-electron chi connectivity index (χ2n) is 3.91. The van der Waals surface area contributed by atoms with Crippen molar-refractivity contribution >= 4 is 11.6 Å². The van der Waals surface area contributed by atoms with Crippen molar-refractivity contribution in [1.29, 1.82) is 0 Å². The van der Waals surface area contributed by atoms with E-state index in [0.717, 1.165) is 5.56 Å². The van der Waals surface area contributed by atoms with E-state index >= 15 is 0 Å². The first-order valence-corrected chi connectivity index (χ1v) is 5.71. The molecule has 1 aromatic heterocycles. The zero-order valence-corrected chi connectivity index (χ0v) is 10.0. The lowest BCUT2D eigenvalue weighted by molar-refractivity contribution is -0.385. The summed E-state index contributed by atoms with van der Waals surface area (Å²) in [5, 5.41) is 13.4. The average molecular weight is 260 g/mol. The standard InChI is InChI=1S/C13H12N2O4/c16-13(14-7-5-10-6-8-19-9-10)11-3-1-2-4-12(11)15(17)18/h1-4,6,8-9H,5,7H2,(H,14,16). The van der Waals surface area contributed by atoms with Crippen LogP contribution in [-0.2, 0) is 6.42 Å². The molecule has 0 aliphatic carbocycles. The van der Waals surface area contributed by atoms with Crippen molar-refractivity contribution in [3.8, 4) is 0 Å². The van der Waals surface area contributed by atoms with E-state index in [1.165, 1.54) is 18.2 Å². The molecule has 0 radical (unpaired) electrons. The quantitative estimate of drug-likeness (QED) is 0.659. The minimum absolute atomic E-state index is 0.0692. The molecule has 1 heterocycles. The van der Waals surface area contributed by atoms with E-state index in [1.54, 1.807) is 24.7 Å². The van der Waals surface area contributed by atoms with Gasteiger partial charge >= 0.3 is 0 Å². The van der Waals surface area contributed by atoms with E-state index < -0.39 is 10.8 Å². The molecule has 0 unspecified atom stereocenters. The van der Waals surface area contributed by atoms with E-state index in [1.807, 2.05) is 0 Å². The number of hydrogen-bond acceptors (Lipinski definition) is 4. The highest BCUT2D eigenvalue weighted by atomic mass is 16.6. The van der Waals surface area contributed by atoms with E-state index in [0.29, 0.717) is 13.0 Å². The maximum atomic E-state index is 11.9. The highest BCUT2D eigenvalue weighted by molar-refractivity contribution is 5.98. The van der Waals surface area contributed by atoms with Crippen molar-refractivity contribution in [3.05, 3.63) is 64.1 Å². The van der Waals surface area contributed by atoms with Gasteiger partial charge in [-0.15, -0.1) is 0 Å². The minimum atomic E-state index is -0.564. The molecule has 1 N–H and O–H groups in total. The smallest absolute Gasteiger partial charge is 0.282 e. The third-order valence-electron chi connectivity index (χ3n) is 2.62. The van der Waals surface area contributed by atoms with Crippen LogP contribution in [0.1, 0.15) is 15.9 Å². The third kappa shape index (κ3) is 3.19. The van der Waals surface area contributed by atoms with Crippen LogP contribution in [0.15, 0.2) is 47.3 Å². The Balaban J connectivity index is 1.98. The summed E-state index contributed by atoms with van der Waals surface area (Å²) in [6, 6.07) is 7.67. The lowest BCUT2D eigenvalue weighted by Gasteiger charge is -2.04. The Labute approximate surface area is 109 Å². The fourth-order valence-corrected chi connectivity index (χ4v) is 1.68. The van der Waals surface area contributed by atoms with Gasteiger partial charge in [-0.2, -0.15) is 0 Å². The normalized spacial score (nSPS) is 10.1. The first kappa shape index (κ1) is 12.8. The average Bonchev–Trinajstić information content (AvgIpc) is 2.91. The summed E-state index contributed by atoms with van der Waals surface area (Å²) in [4.78, 5) is 22.1. The fourth-order valence-electron chi connectivity index (χ4n) is 1.68. The molecule has 19 heavy (non-hydrogen) atoms. The van der Waals surface area contributed by atoms with E-state index in [2.05, 4.69) is 5.32 Å². The largest absolute Gasteiger partial charge is 0.472 e. The Bertz CT molecular complexity index is 578. The van der Waals surface area contributed by atoms with Crippen molar-refractivity contribution in [3.63, 3.8) is 0 Å². The van der Waals surface area contributed by atoms with Crippen molar-refractivity contribution in [2.24, 2.45) is 0 Å². The number of nitro benzene ring substituents is 1. The monoisotopic (exact) mass is 260 g/mol. The van der Waals surface area contributed by atoms with Crippen LogP contribution in [0, 0.1) is 10.1 Å². The third-order valence-corrected chi connectivity index (χ3v) is 2.62. The van der Waals surface area contributed by atoms with Crippen molar-refractivity contribution in [2.45, 2.75) is 6.42 Å². The summed E-state index contributed by atoms with van der Waals surface area (Å²) >= 11 is 0. The van der Waals surface area contributed by atoms with Gasteiger partial charge in [0.1, 0.15) is 5.56 Å². The van der Waals surface area contributed by atoms with Gasteiger partial charge < -0.3 is 9.73 Å². The molecule has 0 fully saturated rings. The topological polar surface area (TPSA) is 85.4 Å². The maximum Gasteiger partial charge on any atom is 0.282 e. The van der Waals surface area contributed by atoms with E-state index in [9.17, 15) is 14.9 Å². The van der Waals surface area contributed by atoms with Crippen molar-refractivity contribution < 1.29 is 14.1 Å². The van der Waals surface area contributed by atoms with Crippen LogP contribution < -0.4 is 5.32 Å². The van der Waals surface area contributed by atoms with Gasteiger partial charge in [-0.3, -0.25) is 14.9 Å². The molecular weight excluding hydrogens is 248 g/mol. The van der Waals surface area contributed by atoms with Crippen LogP contribution in [-0.4, -0.2) is 17.4 Å². The second kappa shape index (κ2) is 5.81. The first-order chi connectivity index (χ1) is 9.18. The number of furan rings is 1. The summed E-state index contributed by atoms with van der Waals surface area (Å²) in [5.74, 6) is -0.448. The Morgan fingerprint density at radius 1 is 1.32 bits per heavy atom. The van der Waals surface area contributed by atoms with Crippen LogP contribution in [0.5, 0.6) is 0 Å². The molecule has 1 aromatic carbocycles. The van der Waals surface area contributed by atoms with Crippen LogP contribution in [0.25, 0.3) is 0 Å². The van der Waals surface area contributed by atoms with Gasteiger partial charge in [-0.05, 0) is 24.1 Å². The molecule has 1 amide bonds. The predicted octanol–water partition coefficient (Wildman–Crippen LogP) is 2.16. The number of nitrogens with one attached hydrogen (secondary N) is 1. The zero-order valence-electron chi connectivity index (χ0n) is 10.0. The Kier molecular flexibility index (Phi) is 3.92. The molecule has 0 saturated heterocycles. The van der Waals surface area contributed by atoms with Gasteiger partial charge in [0.05, 0.1) is 17.4 Å².